The summed E-state index contributed by atoms with van der Waals surface area (Å²) in [5.74, 6) is 1.88. The van der Waals surface area contributed by atoms with E-state index >= 15 is 0 Å². The maximum Gasteiger partial charge on any atom is 0.321 e. The van der Waals surface area contributed by atoms with E-state index in [9.17, 15) is 9.59 Å². The first-order chi connectivity index (χ1) is 7.65. The first-order valence-electron chi connectivity index (χ1n) is 5.55. The van der Waals surface area contributed by atoms with Crippen molar-refractivity contribution in [1.82, 2.24) is 15.5 Å². The summed E-state index contributed by atoms with van der Waals surface area (Å²) in [6.45, 7) is 6.00. The molecular formula is C10H19N3O2S. The molecule has 1 heterocycles. The summed E-state index contributed by atoms with van der Waals surface area (Å²) in [5, 5.41) is 4.88. The smallest absolute Gasteiger partial charge is 0.321 e. The topological polar surface area (TPSA) is 61.4 Å². The molecule has 0 spiro atoms. The molecule has 0 aromatic heterocycles. The standard InChI is InChI=1S/C10H19N3O2S/c1-3-11-10(15)12-9(14)8(2)13-4-6-16-7-5-13/h8H,3-7H2,1-2H3,(H2,11,12,14,15)/t8-/m0/s1. The molecule has 1 aliphatic rings. The van der Waals surface area contributed by atoms with Gasteiger partial charge >= 0.3 is 6.03 Å². The Labute approximate surface area is 100 Å². The number of urea groups is 1. The van der Waals surface area contributed by atoms with Crippen LogP contribution in [-0.4, -0.2) is 54.0 Å². The number of carbonyl (C=O) groups excluding carboxylic acids is 2. The summed E-state index contributed by atoms with van der Waals surface area (Å²) >= 11 is 1.90. The van der Waals surface area contributed by atoms with E-state index in [1.54, 1.807) is 0 Å². The van der Waals surface area contributed by atoms with E-state index in [1.165, 1.54) is 0 Å². The summed E-state index contributed by atoms with van der Waals surface area (Å²) in [6.07, 6.45) is 0. The van der Waals surface area contributed by atoms with Gasteiger partial charge in [-0.1, -0.05) is 0 Å². The van der Waals surface area contributed by atoms with Crippen LogP contribution in [0.2, 0.25) is 0 Å². The van der Waals surface area contributed by atoms with E-state index in [0.717, 1.165) is 24.6 Å². The number of amides is 3. The zero-order valence-corrected chi connectivity index (χ0v) is 10.6. The molecule has 5 nitrogen and oxygen atoms in total. The molecule has 0 radical (unpaired) electrons. The lowest BCUT2D eigenvalue weighted by atomic mass is 10.2. The number of imide groups is 1. The molecule has 1 atom stereocenters. The van der Waals surface area contributed by atoms with Gasteiger partial charge in [0.25, 0.3) is 0 Å². The molecule has 0 aliphatic carbocycles. The summed E-state index contributed by atoms with van der Waals surface area (Å²) in [6, 6.07) is -0.644. The molecule has 0 aromatic carbocycles. The number of rotatable bonds is 3. The molecule has 2 N–H and O–H groups in total. The van der Waals surface area contributed by atoms with Crippen molar-refractivity contribution in [3.63, 3.8) is 0 Å². The van der Waals surface area contributed by atoms with Crippen LogP contribution in [0.3, 0.4) is 0 Å². The van der Waals surface area contributed by atoms with Crippen molar-refractivity contribution >= 4 is 23.7 Å². The van der Waals surface area contributed by atoms with Gasteiger partial charge in [-0.15, -0.1) is 0 Å². The zero-order chi connectivity index (χ0) is 12.0. The average Bonchev–Trinajstić information content (AvgIpc) is 2.29. The van der Waals surface area contributed by atoms with Crippen molar-refractivity contribution in [3.05, 3.63) is 0 Å². The van der Waals surface area contributed by atoms with Gasteiger partial charge in [0.15, 0.2) is 0 Å². The molecule has 0 aromatic rings. The molecule has 3 amide bonds. The van der Waals surface area contributed by atoms with Crippen molar-refractivity contribution in [2.75, 3.05) is 31.1 Å². The normalized spacial score (nSPS) is 18.9. The van der Waals surface area contributed by atoms with Gasteiger partial charge in [-0.2, -0.15) is 11.8 Å². The van der Waals surface area contributed by atoms with Crippen LogP contribution in [0.5, 0.6) is 0 Å². The number of nitrogens with zero attached hydrogens (tertiary/aromatic N) is 1. The number of hydrogen-bond acceptors (Lipinski definition) is 4. The van der Waals surface area contributed by atoms with Crippen molar-refractivity contribution in [2.45, 2.75) is 19.9 Å². The number of thioether (sulfide) groups is 1. The molecular weight excluding hydrogens is 226 g/mol. The molecule has 1 saturated heterocycles. The lowest BCUT2D eigenvalue weighted by Gasteiger charge is -2.30. The lowest BCUT2D eigenvalue weighted by Crippen LogP contribution is -2.51. The third kappa shape index (κ3) is 4.02. The Hall–Kier alpha value is -0.750. The van der Waals surface area contributed by atoms with Crippen LogP contribution >= 0.6 is 11.8 Å². The van der Waals surface area contributed by atoms with Gasteiger partial charge in [-0.25, -0.2) is 4.79 Å². The van der Waals surface area contributed by atoms with E-state index < -0.39 is 6.03 Å². The van der Waals surface area contributed by atoms with E-state index in [0.29, 0.717) is 6.54 Å². The second-order valence-electron chi connectivity index (χ2n) is 3.67. The van der Waals surface area contributed by atoms with Crippen LogP contribution in [0, 0.1) is 0 Å². The fourth-order valence-electron chi connectivity index (χ4n) is 1.55. The maximum atomic E-state index is 11.7. The molecule has 1 rings (SSSR count). The minimum atomic E-state index is -0.411. The highest BCUT2D eigenvalue weighted by atomic mass is 32.2. The highest BCUT2D eigenvalue weighted by molar-refractivity contribution is 7.99. The minimum absolute atomic E-state index is 0.224. The summed E-state index contributed by atoms with van der Waals surface area (Å²) in [5.41, 5.74) is 0. The van der Waals surface area contributed by atoms with Crippen LogP contribution in [0.15, 0.2) is 0 Å². The second-order valence-corrected chi connectivity index (χ2v) is 4.90. The van der Waals surface area contributed by atoms with E-state index in [2.05, 4.69) is 15.5 Å². The number of hydrogen-bond donors (Lipinski definition) is 2. The molecule has 1 fully saturated rings. The summed E-state index contributed by atoms with van der Waals surface area (Å²) in [4.78, 5) is 25.0. The fourth-order valence-corrected chi connectivity index (χ4v) is 2.48. The summed E-state index contributed by atoms with van der Waals surface area (Å²) in [7, 11) is 0. The van der Waals surface area contributed by atoms with Crippen LogP contribution in [0.1, 0.15) is 13.8 Å². The molecule has 1 aliphatic heterocycles. The van der Waals surface area contributed by atoms with Gasteiger partial charge < -0.3 is 5.32 Å². The second kappa shape index (κ2) is 6.75. The third-order valence-corrected chi connectivity index (χ3v) is 3.49. The Balaban J connectivity index is 2.37. The van der Waals surface area contributed by atoms with Gasteiger partial charge in [0.1, 0.15) is 0 Å². The van der Waals surface area contributed by atoms with Crippen molar-refractivity contribution < 1.29 is 9.59 Å². The van der Waals surface area contributed by atoms with Gasteiger partial charge in [0.05, 0.1) is 6.04 Å². The van der Waals surface area contributed by atoms with E-state index in [1.807, 2.05) is 25.6 Å². The SMILES string of the molecule is CCNC(=O)NC(=O)[C@H](C)N1CCSCC1. The minimum Gasteiger partial charge on any atom is -0.338 e. The van der Waals surface area contributed by atoms with Gasteiger partial charge in [0.2, 0.25) is 5.91 Å². The molecule has 0 unspecified atom stereocenters. The van der Waals surface area contributed by atoms with Crippen molar-refractivity contribution in [3.8, 4) is 0 Å². The third-order valence-electron chi connectivity index (χ3n) is 2.55. The van der Waals surface area contributed by atoms with Crippen LogP contribution in [-0.2, 0) is 4.79 Å². The van der Waals surface area contributed by atoms with Crippen molar-refractivity contribution in [2.24, 2.45) is 0 Å². The fraction of sp³-hybridized carbons (Fsp3) is 0.800. The predicted molar refractivity (Wildman–Crippen MR) is 65.6 cm³/mol. The first kappa shape index (κ1) is 13.3. The first-order valence-corrected chi connectivity index (χ1v) is 6.71. The Bertz CT molecular complexity index is 254. The van der Waals surface area contributed by atoms with E-state index in [4.69, 9.17) is 0 Å². The highest BCUT2D eigenvalue weighted by Gasteiger charge is 2.23. The molecule has 16 heavy (non-hydrogen) atoms. The predicted octanol–water partition coefficient (Wildman–Crippen LogP) is 0.269. The van der Waals surface area contributed by atoms with Crippen LogP contribution in [0.4, 0.5) is 4.79 Å². The Morgan fingerprint density at radius 3 is 2.56 bits per heavy atom. The zero-order valence-electron chi connectivity index (χ0n) is 9.78. The van der Waals surface area contributed by atoms with Crippen molar-refractivity contribution in [1.29, 1.82) is 0 Å². The van der Waals surface area contributed by atoms with Crippen LogP contribution < -0.4 is 10.6 Å². The Morgan fingerprint density at radius 1 is 1.38 bits per heavy atom. The molecule has 0 saturated carbocycles. The molecule has 92 valence electrons. The highest BCUT2D eigenvalue weighted by Crippen LogP contribution is 2.11. The number of carbonyl (C=O) groups is 2. The lowest BCUT2D eigenvalue weighted by molar-refractivity contribution is -0.124. The molecule has 6 heteroatoms. The Kier molecular flexibility index (Phi) is 5.62. The summed E-state index contributed by atoms with van der Waals surface area (Å²) < 4.78 is 0. The maximum absolute atomic E-state index is 11.7. The van der Waals surface area contributed by atoms with Gasteiger partial charge in [-0.3, -0.25) is 15.0 Å². The Morgan fingerprint density at radius 2 is 2.00 bits per heavy atom. The van der Waals surface area contributed by atoms with Crippen LogP contribution in [0.25, 0.3) is 0 Å². The van der Waals surface area contributed by atoms with E-state index in [-0.39, 0.29) is 11.9 Å². The quantitative estimate of drug-likeness (QED) is 0.749. The monoisotopic (exact) mass is 245 g/mol. The van der Waals surface area contributed by atoms with Gasteiger partial charge in [0, 0.05) is 31.1 Å². The molecule has 0 bridgehead atoms. The largest absolute Gasteiger partial charge is 0.338 e. The van der Waals surface area contributed by atoms with Gasteiger partial charge in [-0.05, 0) is 13.8 Å². The average molecular weight is 245 g/mol. The number of nitrogens with one attached hydrogen (secondary N) is 2.